The minimum Gasteiger partial charge on any atom is -0.398 e. The Morgan fingerprint density at radius 3 is 1.50 bits per heavy atom. The molecule has 0 unspecified atom stereocenters. The molecule has 5 rings (SSSR count). The Morgan fingerprint density at radius 2 is 1.04 bits per heavy atom. The second-order valence-electron chi connectivity index (χ2n) is 13.9. The second-order valence-corrected chi connectivity index (χ2v) is 17.2. The lowest BCUT2D eigenvalue weighted by Gasteiger charge is -2.39. The van der Waals surface area contributed by atoms with Crippen molar-refractivity contribution in [2.24, 2.45) is 0 Å². The van der Waals surface area contributed by atoms with Gasteiger partial charge in [-0.1, -0.05) is 188 Å². The fraction of sp³-hybridized carbons (Fsp3) is 0.571. The Morgan fingerprint density at radius 1 is 0.609 bits per heavy atom. The molecule has 250 valence electrons. The minimum absolute atomic E-state index is 0.0266. The fourth-order valence-electron chi connectivity index (χ4n) is 7.75. The molecule has 1 aliphatic heterocycles. The standard InChI is InChI=1S/C42H60O3Si/c1-2-3-4-5-6-7-8-9-10-11-12-13-24-33-40(41-36-43-42(44-41)34-25-17-26-35-42)45-46(37-27-18-14-19-28-37,38-29-20-15-21-30-38)39-31-22-16-23-32-39/h14-16,18-23,27-32,40-41H,2-13,17,24-26,33-36H2,1H3/t40-,41+/m0/s1. The van der Waals surface area contributed by atoms with E-state index < -0.39 is 14.1 Å². The summed E-state index contributed by atoms with van der Waals surface area (Å²) in [6, 6.07) is 33.0. The van der Waals surface area contributed by atoms with E-state index in [9.17, 15) is 0 Å². The first-order valence-corrected chi connectivity index (χ1v) is 20.8. The molecule has 0 radical (unpaired) electrons. The maximum atomic E-state index is 7.76. The molecule has 1 spiro atoms. The van der Waals surface area contributed by atoms with Crippen molar-refractivity contribution >= 4 is 23.9 Å². The third kappa shape index (κ3) is 9.66. The third-order valence-corrected chi connectivity index (χ3v) is 14.5. The predicted octanol–water partition coefficient (Wildman–Crippen LogP) is 9.60. The van der Waals surface area contributed by atoms with E-state index in [1.807, 2.05) is 0 Å². The van der Waals surface area contributed by atoms with Gasteiger partial charge in [0.25, 0.3) is 8.32 Å². The van der Waals surface area contributed by atoms with Gasteiger partial charge < -0.3 is 13.9 Å². The molecule has 1 saturated carbocycles. The third-order valence-electron chi connectivity index (χ3n) is 10.4. The average molecular weight is 641 g/mol. The minimum atomic E-state index is -2.86. The van der Waals surface area contributed by atoms with Crippen LogP contribution in [0.15, 0.2) is 91.0 Å². The van der Waals surface area contributed by atoms with Crippen LogP contribution in [0.1, 0.15) is 129 Å². The highest BCUT2D eigenvalue weighted by molar-refractivity contribution is 7.07. The molecule has 4 heteroatoms. The van der Waals surface area contributed by atoms with Crippen molar-refractivity contribution in [2.45, 2.75) is 147 Å². The van der Waals surface area contributed by atoms with Crippen LogP contribution in [0.3, 0.4) is 0 Å². The van der Waals surface area contributed by atoms with Gasteiger partial charge in [-0.2, -0.15) is 0 Å². The van der Waals surface area contributed by atoms with Gasteiger partial charge in [0.2, 0.25) is 0 Å². The van der Waals surface area contributed by atoms with Gasteiger partial charge in [0.05, 0.1) is 12.7 Å². The highest BCUT2D eigenvalue weighted by Gasteiger charge is 2.49. The Hall–Kier alpha value is -2.24. The number of benzene rings is 3. The van der Waals surface area contributed by atoms with Crippen LogP contribution in [0.25, 0.3) is 0 Å². The van der Waals surface area contributed by atoms with Crippen LogP contribution in [0, 0.1) is 0 Å². The Labute approximate surface area is 281 Å². The molecule has 2 aliphatic rings. The maximum absolute atomic E-state index is 7.76. The second kappa shape index (κ2) is 18.9. The molecular weight excluding hydrogens is 581 g/mol. The molecule has 3 nitrogen and oxygen atoms in total. The Bertz CT molecular complexity index is 1110. The molecule has 46 heavy (non-hydrogen) atoms. The van der Waals surface area contributed by atoms with Crippen LogP contribution in [0.2, 0.25) is 0 Å². The first kappa shape index (κ1) is 35.1. The van der Waals surface area contributed by atoms with Gasteiger partial charge in [0.15, 0.2) is 5.79 Å². The van der Waals surface area contributed by atoms with E-state index in [0.717, 1.165) is 25.7 Å². The van der Waals surface area contributed by atoms with Crippen molar-refractivity contribution in [1.82, 2.24) is 0 Å². The van der Waals surface area contributed by atoms with Crippen LogP contribution in [0.4, 0.5) is 0 Å². The van der Waals surface area contributed by atoms with Gasteiger partial charge in [-0.05, 0) is 34.8 Å². The summed E-state index contributed by atoms with van der Waals surface area (Å²) in [5.74, 6) is -0.406. The summed E-state index contributed by atoms with van der Waals surface area (Å²) in [4.78, 5) is 0. The van der Waals surface area contributed by atoms with E-state index in [1.54, 1.807) is 0 Å². The lowest BCUT2D eigenvalue weighted by atomic mass is 9.94. The topological polar surface area (TPSA) is 27.7 Å². The summed E-state index contributed by atoms with van der Waals surface area (Å²) >= 11 is 0. The normalized spacial score (nSPS) is 18.6. The molecule has 3 aromatic carbocycles. The van der Waals surface area contributed by atoms with E-state index in [1.165, 1.54) is 112 Å². The van der Waals surface area contributed by atoms with Gasteiger partial charge in [-0.3, -0.25) is 0 Å². The van der Waals surface area contributed by atoms with Gasteiger partial charge in [0.1, 0.15) is 6.10 Å². The molecule has 0 N–H and O–H groups in total. The van der Waals surface area contributed by atoms with Crippen molar-refractivity contribution in [3.8, 4) is 0 Å². The predicted molar refractivity (Wildman–Crippen MR) is 196 cm³/mol. The van der Waals surface area contributed by atoms with Crippen molar-refractivity contribution in [3.05, 3.63) is 91.0 Å². The first-order chi connectivity index (χ1) is 22.8. The number of hydrogen-bond acceptors (Lipinski definition) is 3. The first-order valence-electron chi connectivity index (χ1n) is 18.9. The number of unbranched alkanes of at least 4 members (excludes halogenated alkanes) is 12. The van der Waals surface area contributed by atoms with Gasteiger partial charge in [-0.15, -0.1) is 0 Å². The summed E-state index contributed by atoms with van der Waals surface area (Å²) in [5.41, 5.74) is 0. The summed E-state index contributed by atoms with van der Waals surface area (Å²) in [6.45, 7) is 2.93. The maximum Gasteiger partial charge on any atom is 0.288 e. The van der Waals surface area contributed by atoms with E-state index >= 15 is 0 Å². The van der Waals surface area contributed by atoms with Crippen LogP contribution < -0.4 is 15.6 Å². The molecular formula is C42H60O3Si. The van der Waals surface area contributed by atoms with Crippen molar-refractivity contribution in [3.63, 3.8) is 0 Å². The molecule has 2 atom stereocenters. The fourth-order valence-corrected chi connectivity index (χ4v) is 11.9. The molecule has 1 heterocycles. The Balaban J connectivity index is 1.28. The van der Waals surface area contributed by atoms with E-state index in [4.69, 9.17) is 13.9 Å². The van der Waals surface area contributed by atoms with Gasteiger partial charge in [-0.25, -0.2) is 0 Å². The zero-order valence-electron chi connectivity index (χ0n) is 28.7. The van der Waals surface area contributed by atoms with Gasteiger partial charge >= 0.3 is 0 Å². The molecule has 1 aliphatic carbocycles. The molecule has 2 fully saturated rings. The zero-order valence-corrected chi connectivity index (χ0v) is 29.7. The average Bonchev–Trinajstić information content (AvgIpc) is 3.52. The molecule has 0 amide bonds. The van der Waals surface area contributed by atoms with Gasteiger partial charge in [0, 0.05) is 12.8 Å². The molecule has 0 bridgehead atoms. The monoisotopic (exact) mass is 640 g/mol. The van der Waals surface area contributed by atoms with Crippen LogP contribution in [0.5, 0.6) is 0 Å². The van der Waals surface area contributed by atoms with E-state index in [-0.39, 0.29) is 12.2 Å². The lowest BCUT2D eigenvalue weighted by Crippen LogP contribution is -2.71. The van der Waals surface area contributed by atoms with E-state index in [2.05, 4.69) is 97.9 Å². The molecule has 3 aromatic rings. The zero-order chi connectivity index (χ0) is 31.8. The summed E-state index contributed by atoms with van der Waals surface area (Å²) < 4.78 is 21.2. The number of ether oxygens (including phenoxy) is 2. The SMILES string of the molecule is CCCCCCCCCCCCCCC[C@H](O[Si](c1ccccc1)(c1ccccc1)c1ccccc1)[C@H]1COC2(CCCCC2)O1. The van der Waals surface area contributed by atoms with E-state index in [0.29, 0.717) is 6.61 Å². The number of hydrogen-bond donors (Lipinski definition) is 0. The van der Waals surface area contributed by atoms with Crippen LogP contribution in [-0.2, 0) is 13.9 Å². The lowest BCUT2D eigenvalue weighted by molar-refractivity contribution is -0.194. The quantitative estimate of drug-likeness (QED) is 0.0699. The van der Waals surface area contributed by atoms with Crippen molar-refractivity contribution in [2.75, 3.05) is 6.61 Å². The number of rotatable bonds is 20. The van der Waals surface area contributed by atoms with Crippen LogP contribution in [-0.4, -0.2) is 32.9 Å². The highest BCUT2D eigenvalue weighted by atomic mass is 28.4. The molecule has 0 aromatic heterocycles. The summed E-state index contributed by atoms with van der Waals surface area (Å²) in [7, 11) is -2.86. The highest BCUT2D eigenvalue weighted by Crippen LogP contribution is 2.40. The van der Waals surface area contributed by atoms with Crippen molar-refractivity contribution in [1.29, 1.82) is 0 Å². The summed E-state index contributed by atoms with van der Waals surface area (Å²) in [5, 5.41) is 3.86. The largest absolute Gasteiger partial charge is 0.398 e. The Kier molecular flexibility index (Phi) is 14.4. The van der Waals surface area contributed by atoms with Crippen molar-refractivity contribution < 1.29 is 13.9 Å². The summed E-state index contributed by atoms with van der Waals surface area (Å²) in [6.07, 6.45) is 24.3. The molecule has 1 saturated heterocycles. The van der Waals surface area contributed by atoms with Crippen LogP contribution >= 0.6 is 0 Å². The smallest absolute Gasteiger partial charge is 0.288 e.